The lowest BCUT2D eigenvalue weighted by Gasteiger charge is -2.11. The van der Waals surface area contributed by atoms with Crippen LogP contribution in [0.25, 0.3) is 10.2 Å². The Hall–Kier alpha value is -1.94. The van der Waals surface area contributed by atoms with Crippen molar-refractivity contribution < 1.29 is 4.39 Å². The Labute approximate surface area is 127 Å². The molecule has 3 rings (SSSR count). The van der Waals surface area contributed by atoms with Crippen LogP contribution in [0.3, 0.4) is 0 Å². The van der Waals surface area contributed by atoms with Crippen molar-refractivity contribution in [2.45, 2.75) is 19.3 Å². The summed E-state index contributed by atoms with van der Waals surface area (Å²) in [4.78, 5) is 4.41. The monoisotopic (exact) mass is 300 g/mol. The largest absolute Gasteiger partial charge is 0.361 e. The van der Waals surface area contributed by atoms with Gasteiger partial charge in [-0.05, 0) is 30.0 Å². The second kappa shape index (κ2) is 6.22. The number of hydrogen-bond acceptors (Lipinski definition) is 3. The van der Waals surface area contributed by atoms with Gasteiger partial charge in [0, 0.05) is 12.6 Å². The van der Waals surface area contributed by atoms with E-state index in [2.05, 4.69) is 41.5 Å². The molecule has 2 aromatic carbocycles. The second-order valence-electron chi connectivity index (χ2n) is 5.16. The third-order valence-corrected chi connectivity index (χ3v) is 4.57. The van der Waals surface area contributed by atoms with Crippen LogP contribution in [0.15, 0.2) is 48.5 Å². The fraction of sp³-hybridized carbons (Fsp3) is 0.235. The number of anilines is 1. The maximum Gasteiger partial charge on any atom is 0.183 e. The van der Waals surface area contributed by atoms with Crippen molar-refractivity contribution in [3.63, 3.8) is 0 Å². The van der Waals surface area contributed by atoms with Gasteiger partial charge in [-0.25, -0.2) is 9.37 Å². The van der Waals surface area contributed by atoms with Crippen LogP contribution in [0.1, 0.15) is 24.8 Å². The standard InChI is InChI=1S/C17H17FN2S/c1-12(13-5-3-2-4-6-13)9-10-19-17-20-15-11-14(18)7-8-16(15)21-17/h2-8,11-12H,9-10H2,1H3,(H,19,20). The van der Waals surface area contributed by atoms with Crippen LogP contribution in [0.4, 0.5) is 9.52 Å². The molecule has 108 valence electrons. The van der Waals surface area contributed by atoms with E-state index in [0.29, 0.717) is 5.92 Å². The topological polar surface area (TPSA) is 24.9 Å². The van der Waals surface area contributed by atoms with E-state index in [1.54, 1.807) is 17.4 Å². The van der Waals surface area contributed by atoms with Crippen LogP contribution in [0.5, 0.6) is 0 Å². The highest BCUT2D eigenvalue weighted by Crippen LogP contribution is 2.27. The van der Waals surface area contributed by atoms with Crippen LogP contribution in [0, 0.1) is 5.82 Å². The maximum atomic E-state index is 13.1. The molecule has 1 unspecified atom stereocenters. The zero-order chi connectivity index (χ0) is 14.7. The predicted molar refractivity (Wildman–Crippen MR) is 87.5 cm³/mol. The molecule has 4 heteroatoms. The Kier molecular flexibility index (Phi) is 4.15. The molecule has 1 aromatic heterocycles. The third kappa shape index (κ3) is 3.39. The van der Waals surface area contributed by atoms with E-state index in [-0.39, 0.29) is 5.82 Å². The van der Waals surface area contributed by atoms with Crippen LogP contribution in [-0.4, -0.2) is 11.5 Å². The molecule has 21 heavy (non-hydrogen) atoms. The van der Waals surface area contributed by atoms with Crippen molar-refractivity contribution in [1.29, 1.82) is 0 Å². The van der Waals surface area contributed by atoms with Gasteiger partial charge in [-0.3, -0.25) is 0 Å². The van der Waals surface area contributed by atoms with Gasteiger partial charge in [-0.2, -0.15) is 0 Å². The first kappa shape index (κ1) is 14.0. The highest BCUT2D eigenvalue weighted by molar-refractivity contribution is 7.22. The van der Waals surface area contributed by atoms with E-state index < -0.39 is 0 Å². The Morgan fingerprint density at radius 3 is 2.81 bits per heavy atom. The van der Waals surface area contributed by atoms with Crippen LogP contribution >= 0.6 is 11.3 Å². The molecule has 2 nitrogen and oxygen atoms in total. The van der Waals surface area contributed by atoms with Gasteiger partial charge in [0.2, 0.25) is 0 Å². The van der Waals surface area contributed by atoms with Crippen LogP contribution in [-0.2, 0) is 0 Å². The molecule has 3 aromatic rings. The lowest BCUT2D eigenvalue weighted by molar-refractivity contribution is 0.629. The number of fused-ring (bicyclic) bond motifs is 1. The van der Waals surface area contributed by atoms with Gasteiger partial charge in [-0.15, -0.1) is 0 Å². The van der Waals surface area contributed by atoms with Gasteiger partial charge in [0.25, 0.3) is 0 Å². The van der Waals surface area contributed by atoms with E-state index in [1.165, 1.54) is 17.7 Å². The molecule has 1 atom stereocenters. The summed E-state index contributed by atoms with van der Waals surface area (Å²) in [6.45, 7) is 3.09. The highest BCUT2D eigenvalue weighted by atomic mass is 32.1. The van der Waals surface area contributed by atoms with Crippen molar-refractivity contribution >= 4 is 26.7 Å². The molecule has 1 heterocycles. The SMILES string of the molecule is CC(CCNc1nc2cc(F)ccc2s1)c1ccccc1. The van der Waals surface area contributed by atoms with Gasteiger partial charge in [0.1, 0.15) is 5.82 Å². The molecule has 0 saturated heterocycles. The first-order valence-electron chi connectivity index (χ1n) is 7.07. The van der Waals surface area contributed by atoms with Crippen molar-refractivity contribution in [2.24, 2.45) is 0 Å². The van der Waals surface area contributed by atoms with E-state index in [9.17, 15) is 4.39 Å². The Balaban J connectivity index is 1.59. The normalized spacial score (nSPS) is 12.5. The molecule has 0 fully saturated rings. The summed E-state index contributed by atoms with van der Waals surface area (Å²) in [7, 11) is 0. The van der Waals surface area contributed by atoms with E-state index in [0.717, 1.165) is 28.3 Å². The summed E-state index contributed by atoms with van der Waals surface area (Å²) in [5.41, 5.74) is 2.07. The summed E-state index contributed by atoms with van der Waals surface area (Å²) < 4.78 is 14.1. The van der Waals surface area contributed by atoms with Crippen molar-refractivity contribution in [2.75, 3.05) is 11.9 Å². The zero-order valence-corrected chi connectivity index (χ0v) is 12.7. The van der Waals surface area contributed by atoms with E-state index >= 15 is 0 Å². The average molecular weight is 300 g/mol. The highest BCUT2D eigenvalue weighted by Gasteiger charge is 2.07. The molecule has 0 aliphatic heterocycles. The van der Waals surface area contributed by atoms with Gasteiger partial charge in [0.15, 0.2) is 5.13 Å². The molecular formula is C17H17FN2S. The van der Waals surface area contributed by atoms with Crippen LogP contribution < -0.4 is 5.32 Å². The minimum atomic E-state index is -0.239. The van der Waals surface area contributed by atoms with Gasteiger partial charge in [0.05, 0.1) is 10.2 Å². The predicted octanol–water partition coefficient (Wildman–Crippen LogP) is 5.04. The fourth-order valence-electron chi connectivity index (χ4n) is 2.32. The number of benzene rings is 2. The fourth-order valence-corrected chi connectivity index (χ4v) is 3.19. The van der Waals surface area contributed by atoms with Crippen molar-refractivity contribution in [3.8, 4) is 0 Å². The first-order chi connectivity index (χ1) is 10.2. The molecule has 0 bridgehead atoms. The molecule has 0 aliphatic carbocycles. The summed E-state index contributed by atoms with van der Waals surface area (Å²) >= 11 is 1.56. The summed E-state index contributed by atoms with van der Waals surface area (Å²) in [5.74, 6) is 0.266. The van der Waals surface area contributed by atoms with Gasteiger partial charge < -0.3 is 5.32 Å². The third-order valence-electron chi connectivity index (χ3n) is 3.57. The molecule has 0 aliphatic rings. The Morgan fingerprint density at radius 1 is 1.19 bits per heavy atom. The molecular weight excluding hydrogens is 283 g/mol. The Bertz CT molecular complexity index is 724. The molecule has 1 N–H and O–H groups in total. The summed E-state index contributed by atoms with van der Waals surface area (Å²) in [6.07, 6.45) is 1.04. The number of aromatic nitrogens is 1. The second-order valence-corrected chi connectivity index (χ2v) is 6.19. The molecule has 0 radical (unpaired) electrons. The number of rotatable bonds is 5. The lowest BCUT2D eigenvalue weighted by atomic mass is 9.98. The van der Waals surface area contributed by atoms with E-state index in [1.807, 2.05) is 6.07 Å². The smallest absolute Gasteiger partial charge is 0.183 e. The Morgan fingerprint density at radius 2 is 2.00 bits per heavy atom. The number of hydrogen-bond donors (Lipinski definition) is 1. The quantitative estimate of drug-likeness (QED) is 0.714. The van der Waals surface area contributed by atoms with E-state index in [4.69, 9.17) is 0 Å². The maximum absolute atomic E-state index is 13.1. The minimum absolute atomic E-state index is 0.239. The zero-order valence-electron chi connectivity index (χ0n) is 11.8. The molecule has 0 amide bonds. The number of thiazole rings is 1. The number of nitrogens with zero attached hydrogens (tertiary/aromatic N) is 1. The van der Waals surface area contributed by atoms with Crippen molar-refractivity contribution in [1.82, 2.24) is 4.98 Å². The van der Waals surface area contributed by atoms with Gasteiger partial charge >= 0.3 is 0 Å². The van der Waals surface area contributed by atoms with Crippen molar-refractivity contribution in [3.05, 3.63) is 59.9 Å². The van der Waals surface area contributed by atoms with Gasteiger partial charge in [-0.1, -0.05) is 48.6 Å². The minimum Gasteiger partial charge on any atom is -0.361 e. The molecule has 0 saturated carbocycles. The average Bonchev–Trinajstić information content (AvgIpc) is 2.89. The van der Waals surface area contributed by atoms with Crippen LogP contribution in [0.2, 0.25) is 0 Å². The number of nitrogens with one attached hydrogen (secondary N) is 1. The molecule has 0 spiro atoms. The number of halogens is 1. The summed E-state index contributed by atoms with van der Waals surface area (Å²) in [6, 6.07) is 15.2. The first-order valence-corrected chi connectivity index (χ1v) is 7.89. The summed E-state index contributed by atoms with van der Waals surface area (Å²) in [5, 5.41) is 4.20. The lowest BCUT2D eigenvalue weighted by Crippen LogP contribution is -2.05.